The second-order valence-electron chi connectivity index (χ2n) is 4.72. The predicted molar refractivity (Wildman–Crippen MR) is 79.1 cm³/mol. The summed E-state index contributed by atoms with van der Waals surface area (Å²) in [6, 6.07) is 8.83. The zero-order valence-electron chi connectivity index (χ0n) is 11.0. The van der Waals surface area contributed by atoms with Gasteiger partial charge in [-0.15, -0.1) is 0 Å². The molecule has 1 fully saturated rings. The second kappa shape index (κ2) is 7.19. The van der Waals surface area contributed by atoms with Gasteiger partial charge in [-0.05, 0) is 17.7 Å². The topological polar surface area (TPSA) is 78.4 Å². The first-order chi connectivity index (χ1) is 9.66. The van der Waals surface area contributed by atoms with Crippen LogP contribution in [-0.4, -0.2) is 41.2 Å². The van der Waals surface area contributed by atoms with Crippen LogP contribution in [0, 0.1) is 0 Å². The molecule has 0 aromatic heterocycles. The number of benzene rings is 1. The van der Waals surface area contributed by atoms with Crippen LogP contribution in [0.25, 0.3) is 0 Å². The van der Waals surface area contributed by atoms with Crippen molar-refractivity contribution in [1.29, 1.82) is 0 Å². The Morgan fingerprint density at radius 3 is 2.70 bits per heavy atom. The molecule has 20 heavy (non-hydrogen) atoms. The molecule has 1 aromatic carbocycles. The summed E-state index contributed by atoms with van der Waals surface area (Å²) in [4.78, 5) is 23.0. The third kappa shape index (κ3) is 4.16. The molecule has 108 valence electrons. The van der Waals surface area contributed by atoms with E-state index in [0.29, 0.717) is 5.56 Å². The standard InChI is InChI=1S/C14H18N2O3S/c17-13(18)12(10-4-2-1-3-5-10)8-15-14(19)16-11-6-7-20-9-11/h1-5,11-12H,6-9H2,(H,17,18)(H2,15,16,19). The second-order valence-corrected chi connectivity index (χ2v) is 5.87. The van der Waals surface area contributed by atoms with Crippen molar-refractivity contribution in [2.45, 2.75) is 18.4 Å². The van der Waals surface area contributed by atoms with Crippen molar-refractivity contribution in [2.24, 2.45) is 0 Å². The highest BCUT2D eigenvalue weighted by Gasteiger charge is 2.22. The molecule has 2 amide bonds. The predicted octanol–water partition coefficient (Wildman–Crippen LogP) is 1.66. The minimum atomic E-state index is -0.937. The van der Waals surface area contributed by atoms with E-state index < -0.39 is 11.9 Å². The molecule has 1 heterocycles. The summed E-state index contributed by atoms with van der Waals surface area (Å²) in [6.45, 7) is 0.0883. The zero-order chi connectivity index (χ0) is 14.4. The Morgan fingerprint density at radius 2 is 2.10 bits per heavy atom. The molecule has 6 heteroatoms. The summed E-state index contributed by atoms with van der Waals surface area (Å²) in [5.41, 5.74) is 0.691. The maximum Gasteiger partial charge on any atom is 0.315 e. The van der Waals surface area contributed by atoms with Crippen molar-refractivity contribution < 1.29 is 14.7 Å². The number of aliphatic carboxylic acids is 1. The number of nitrogens with one attached hydrogen (secondary N) is 2. The van der Waals surface area contributed by atoms with Crippen LogP contribution in [0.1, 0.15) is 17.9 Å². The molecule has 0 bridgehead atoms. The monoisotopic (exact) mass is 294 g/mol. The smallest absolute Gasteiger partial charge is 0.315 e. The Bertz CT molecular complexity index is 461. The molecule has 0 radical (unpaired) electrons. The van der Waals surface area contributed by atoms with Crippen molar-refractivity contribution in [3.8, 4) is 0 Å². The van der Waals surface area contributed by atoms with Gasteiger partial charge >= 0.3 is 12.0 Å². The van der Waals surface area contributed by atoms with Gasteiger partial charge in [-0.3, -0.25) is 4.79 Å². The molecule has 0 spiro atoms. The normalized spacial score (nSPS) is 19.3. The number of hydrogen-bond donors (Lipinski definition) is 3. The number of carboxylic acid groups (broad SMARTS) is 1. The van der Waals surface area contributed by atoms with Crippen LogP contribution >= 0.6 is 11.8 Å². The lowest BCUT2D eigenvalue weighted by molar-refractivity contribution is -0.138. The summed E-state index contributed by atoms with van der Waals surface area (Å²) in [6.07, 6.45) is 0.971. The number of thioether (sulfide) groups is 1. The number of rotatable bonds is 5. The van der Waals surface area contributed by atoms with Crippen molar-refractivity contribution in [3.05, 3.63) is 35.9 Å². The lowest BCUT2D eigenvalue weighted by atomic mass is 9.99. The Labute approximate surface area is 122 Å². The van der Waals surface area contributed by atoms with E-state index >= 15 is 0 Å². The van der Waals surface area contributed by atoms with Gasteiger partial charge < -0.3 is 15.7 Å². The molecule has 1 aliphatic rings. The molecule has 2 atom stereocenters. The summed E-state index contributed by atoms with van der Waals surface area (Å²) >= 11 is 1.81. The maximum atomic E-state index is 11.7. The summed E-state index contributed by atoms with van der Waals surface area (Å²) in [7, 11) is 0. The zero-order valence-corrected chi connectivity index (χ0v) is 11.9. The maximum absolute atomic E-state index is 11.7. The third-order valence-electron chi connectivity index (χ3n) is 3.23. The number of urea groups is 1. The van der Waals surface area contributed by atoms with Crippen molar-refractivity contribution in [2.75, 3.05) is 18.1 Å². The number of amides is 2. The van der Waals surface area contributed by atoms with E-state index in [4.69, 9.17) is 0 Å². The van der Waals surface area contributed by atoms with Crippen LogP contribution in [0.5, 0.6) is 0 Å². The molecular formula is C14H18N2O3S. The fraction of sp³-hybridized carbons (Fsp3) is 0.429. The number of carboxylic acids is 1. The molecule has 5 nitrogen and oxygen atoms in total. The highest BCUT2D eigenvalue weighted by Crippen LogP contribution is 2.17. The lowest BCUT2D eigenvalue weighted by Gasteiger charge is -2.16. The number of carbonyl (C=O) groups is 2. The van der Waals surface area contributed by atoms with E-state index in [2.05, 4.69) is 10.6 Å². The van der Waals surface area contributed by atoms with E-state index in [1.165, 1.54) is 0 Å². The van der Waals surface area contributed by atoms with Gasteiger partial charge in [0.1, 0.15) is 0 Å². The third-order valence-corrected chi connectivity index (χ3v) is 4.39. The average Bonchev–Trinajstić information content (AvgIpc) is 2.92. The fourth-order valence-electron chi connectivity index (χ4n) is 2.11. The first kappa shape index (κ1) is 14.7. The first-order valence-corrected chi connectivity index (χ1v) is 7.72. The van der Waals surface area contributed by atoms with Crippen LogP contribution in [0.4, 0.5) is 4.79 Å². The highest BCUT2D eigenvalue weighted by atomic mass is 32.2. The lowest BCUT2D eigenvalue weighted by Crippen LogP contribution is -2.44. The van der Waals surface area contributed by atoms with E-state index in [1.54, 1.807) is 24.3 Å². The van der Waals surface area contributed by atoms with Gasteiger partial charge in [0, 0.05) is 18.3 Å². The van der Waals surface area contributed by atoms with Crippen molar-refractivity contribution >= 4 is 23.8 Å². The average molecular weight is 294 g/mol. The largest absolute Gasteiger partial charge is 0.481 e. The molecule has 1 aliphatic heterocycles. The van der Waals surface area contributed by atoms with Gasteiger partial charge in [-0.25, -0.2) is 4.79 Å². The van der Waals surface area contributed by atoms with E-state index in [-0.39, 0.29) is 18.6 Å². The summed E-state index contributed by atoms with van der Waals surface area (Å²) < 4.78 is 0. The SMILES string of the molecule is O=C(NCC(C(=O)O)c1ccccc1)NC1CCSC1. The van der Waals surface area contributed by atoms with E-state index in [1.807, 2.05) is 17.8 Å². The van der Waals surface area contributed by atoms with Gasteiger partial charge in [0.25, 0.3) is 0 Å². The van der Waals surface area contributed by atoms with Gasteiger partial charge in [-0.1, -0.05) is 30.3 Å². The quantitative estimate of drug-likeness (QED) is 0.772. The van der Waals surface area contributed by atoms with Crippen LogP contribution in [0.15, 0.2) is 30.3 Å². The van der Waals surface area contributed by atoms with Crippen molar-refractivity contribution in [3.63, 3.8) is 0 Å². The minimum absolute atomic E-state index is 0.0883. The molecule has 0 saturated carbocycles. The molecule has 0 aliphatic carbocycles. The van der Waals surface area contributed by atoms with Gasteiger partial charge in [0.15, 0.2) is 0 Å². The van der Waals surface area contributed by atoms with E-state index in [9.17, 15) is 14.7 Å². The van der Waals surface area contributed by atoms with Crippen LogP contribution in [0.3, 0.4) is 0 Å². The Morgan fingerprint density at radius 1 is 1.35 bits per heavy atom. The molecule has 2 unspecified atom stereocenters. The minimum Gasteiger partial charge on any atom is -0.481 e. The number of hydrogen-bond acceptors (Lipinski definition) is 3. The number of carbonyl (C=O) groups excluding carboxylic acids is 1. The van der Waals surface area contributed by atoms with Gasteiger partial charge in [0.05, 0.1) is 5.92 Å². The molecular weight excluding hydrogens is 276 g/mol. The Balaban J connectivity index is 1.86. The molecule has 2 rings (SSSR count). The fourth-order valence-corrected chi connectivity index (χ4v) is 3.26. The molecule has 3 N–H and O–H groups in total. The van der Waals surface area contributed by atoms with E-state index in [0.717, 1.165) is 17.9 Å². The van der Waals surface area contributed by atoms with Gasteiger partial charge in [-0.2, -0.15) is 11.8 Å². The summed E-state index contributed by atoms with van der Waals surface area (Å²) in [5.74, 6) is 0.328. The van der Waals surface area contributed by atoms with Crippen LogP contribution < -0.4 is 10.6 Å². The highest BCUT2D eigenvalue weighted by molar-refractivity contribution is 7.99. The Kier molecular flexibility index (Phi) is 5.29. The first-order valence-electron chi connectivity index (χ1n) is 6.56. The summed E-state index contributed by atoms with van der Waals surface area (Å²) in [5, 5.41) is 14.8. The molecule has 1 aromatic rings. The van der Waals surface area contributed by atoms with Crippen LogP contribution in [0.2, 0.25) is 0 Å². The molecule has 1 saturated heterocycles. The van der Waals surface area contributed by atoms with Gasteiger partial charge in [0.2, 0.25) is 0 Å². The van der Waals surface area contributed by atoms with Crippen LogP contribution in [-0.2, 0) is 4.79 Å². The van der Waals surface area contributed by atoms with Crippen molar-refractivity contribution in [1.82, 2.24) is 10.6 Å². The Hall–Kier alpha value is -1.69.